The van der Waals surface area contributed by atoms with Gasteiger partial charge >= 0.3 is 0 Å². The van der Waals surface area contributed by atoms with Crippen LogP contribution in [0.4, 0.5) is 0 Å². The number of ether oxygens (including phenoxy) is 1. The van der Waals surface area contributed by atoms with Crippen LogP contribution in [-0.4, -0.2) is 12.7 Å². The van der Waals surface area contributed by atoms with E-state index < -0.39 is 0 Å². The van der Waals surface area contributed by atoms with Gasteiger partial charge in [-0.1, -0.05) is 30.7 Å². The summed E-state index contributed by atoms with van der Waals surface area (Å²) in [5.74, 6) is 0.531. The van der Waals surface area contributed by atoms with Gasteiger partial charge in [-0.2, -0.15) is 0 Å². The molecule has 0 amide bonds. The van der Waals surface area contributed by atoms with Crippen LogP contribution < -0.4 is 0 Å². The first-order valence-electron chi connectivity index (χ1n) is 5.19. The summed E-state index contributed by atoms with van der Waals surface area (Å²) in [6, 6.07) is 7.67. The van der Waals surface area contributed by atoms with Gasteiger partial charge in [-0.05, 0) is 30.0 Å². The minimum absolute atomic E-state index is 0.0697. The number of rotatable bonds is 2. The Morgan fingerprint density at radius 1 is 1.33 bits per heavy atom. The minimum atomic E-state index is -0.0697. The fourth-order valence-electron chi connectivity index (χ4n) is 1.93. The van der Waals surface area contributed by atoms with Gasteiger partial charge in [-0.3, -0.25) is 0 Å². The maximum Gasteiger partial charge on any atom is 0.0849 e. The predicted molar refractivity (Wildman–Crippen MR) is 63.6 cm³/mol. The van der Waals surface area contributed by atoms with Crippen molar-refractivity contribution in [2.24, 2.45) is 5.92 Å². The van der Waals surface area contributed by atoms with E-state index in [1.54, 1.807) is 0 Å². The van der Waals surface area contributed by atoms with Crippen molar-refractivity contribution < 1.29 is 4.74 Å². The normalized spacial score (nSPS) is 27.9. The molecule has 1 fully saturated rings. The Bertz CT molecular complexity index is 323. The van der Waals surface area contributed by atoms with Crippen LogP contribution in [0.3, 0.4) is 0 Å². The molecule has 0 saturated carbocycles. The molecule has 3 unspecified atom stereocenters. The molecule has 1 aromatic rings. The van der Waals surface area contributed by atoms with E-state index in [9.17, 15) is 0 Å². The third-order valence-electron chi connectivity index (χ3n) is 2.92. The van der Waals surface area contributed by atoms with E-state index in [0.717, 1.165) is 23.6 Å². The quantitative estimate of drug-likeness (QED) is 0.714. The molecule has 0 spiro atoms. The number of halogens is 2. The number of hydrogen-bond donors (Lipinski definition) is 0. The zero-order chi connectivity index (χ0) is 10.8. The fraction of sp³-hybridized carbons (Fsp3) is 0.500. The van der Waals surface area contributed by atoms with Crippen molar-refractivity contribution in [1.82, 2.24) is 0 Å². The van der Waals surface area contributed by atoms with Crippen molar-refractivity contribution in [2.75, 3.05) is 6.61 Å². The van der Waals surface area contributed by atoms with Crippen molar-refractivity contribution >= 4 is 23.2 Å². The molecule has 0 aliphatic carbocycles. The third-order valence-corrected chi connectivity index (χ3v) is 3.67. The molecule has 82 valence electrons. The first-order chi connectivity index (χ1) is 7.18. The summed E-state index contributed by atoms with van der Waals surface area (Å²) < 4.78 is 5.65. The summed E-state index contributed by atoms with van der Waals surface area (Å²) in [6.07, 6.45) is 1.23. The third kappa shape index (κ3) is 2.47. The molecular formula is C12H14Cl2O. The molecule has 0 aromatic heterocycles. The summed E-state index contributed by atoms with van der Waals surface area (Å²) in [6.45, 7) is 3.01. The van der Waals surface area contributed by atoms with Crippen LogP contribution >= 0.6 is 23.2 Å². The van der Waals surface area contributed by atoms with Crippen molar-refractivity contribution in [3.05, 3.63) is 34.9 Å². The smallest absolute Gasteiger partial charge is 0.0849 e. The van der Waals surface area contributed by atoms with E-state index in [2.05, 4.69) is 6.92 Å². The first-order valence-corrected chi connectivity index (χ1v) is 6.01. The molecule has 0 bridgehead atoms. The Labute approximate surface area is 100 Å². The zero-order valence-electron chi connectivity index (χ0n) is 8.62. The molecule has 1 aliphatic rings. The molecule has 15 heavy (non-hydrogen) atoms. The summed E-state index contributed by atoms with van der Waals surface area (Å²) in [5.41, 5.74) is 1.08. The highest BCUT2D eigenvalue weighted by atomic mass is 35.5. The van der Waals surface area contributed by atoms with Crippen LogP contribution in [0, 0.1) is 5.92 Å². The fourth-order valence-corrected chi connectivity index (χ4v) is 2.52. The lowest BCUT2D eigenvalue weighted by Gasteiger charge is -2.20. The van der Waals surface area contributed by atoms with Gasteiger partial charge < -0.3 is 4.74 Å². The molecule has 1 aliphatic heterocycles. The van der Waals surface area contributed by atoms with E-state index in [0.29, 0.717) is 5.92 Å². The molecule has 1 aromatic carbocycles. The standard InChI is InChI=1S/C12H14Cl2O/c1-8-6-7-15-12(8)11(14)9-2-4-10(13)5-3-9/h2-5,8,11-12H,6-7H2,1H3. The van der Waals surface area contributed by atoms with Crippen LogP contribution in [0.15, 0.2) is 24.3 Å². The van der Waals surface area contributed by atoms with Crippen molar-refractivity contribution in [3.8, 4) is 0 Å². The topological polar surface area (TPSA) is 9.23 Å². The van der Waals surface area contributed by atoms with E-state index in [1.165, 1.54) is 0 Å². The average molecular weight is 245 g/mol. The van der Waals surface area contributed by atoms with Gasteiger partial charge in [-0.15, -0.1) is 11.6 Å². The van der Waals surface area contributed by atoms with Crippen molar-refractivity contribution in [1.29, 1.82) is 0 Å². The predicted octanol–water partition coefficient (Wildman–Crippen LogP) is 4.04. The Hall–Kier alpha value is -0.240. The summed E-state index contributed by atoms with van der Waals surface area (Å²) in [7, 11) is 0. The van der Waals surface area contributed by atoms with Gasteiger partial charge in [0.1, 0.15) is 0 Å². The molecular weight excluding hydrogens is 231 g/mol. The van der Waals surface area contributed by atoms with Crippen LogP contribution in [0.2, 0.25) is 5.02 Å². The van der Waals surface area contributed by atoms with Gasteiger partial charge in [0, 0.05) is 11.6 Å². The second-order valence-corrected chi connectivity index (χ2v) is 4.96. The average Bonchev–Trinajstić information content (AvgIpc) is 2.65. The highest BCUT2D eigenvalue weighted by Crippen LogP contribution is 2.35. The highest BCUT2D eigenvalue weighted by molar-refractivity contribution is 6.30. The Morgan fingerprint density at radius 3 is 2.53 bits per heavy atom. The molecule has 0 N–H and O–H groups in total. The van der Waals surface area contributed by atoms with Gasteiger partial charge in [0.05, 0.1) is 11.5 Å². The van der Waals surface area contributed by atoms with Crippen molar-refractivity contribution in [2.45, 2.75) is 24.8 Å². The SMILES string of the molecule is CC1CCOC1C(Cl)c1ccc(Cl)cc1. The zero-order valence-corrected chi connectivity index (χ0v) is 10.1. The van der Waals surface area contributed by atoms with Crippen LogP contribution in [0.1, 0.15) is 24.3 Å². The van der Waals surface area contributed by atoms with E-state index in [4.69, 9.17) is 27.9 Å². The summed E-state index contributed by atoms with van der Waals surface area (Å²) in [5, 5.41) is 0.669. The Kier molecular flexibility index (Phi) is 3.55. The van der Waals surface area contributed by atoms with Crippen LogP contribution in [0.5, 0.6) is 0 Å². The monoisotopic (exact) mass is 244 g/mol. The molecule has 3 atom stereocenters. The number of alkyl halides is 1. The van der Waals surface area contributed by atoms with Gasteiger partial charge in [-0.25, -0.2) is 0 Å². The summed E-state index contributed by atoms with van der Waals surface area (Å²) in [4.78, 5) is 0. The lowest BCUT2D eigenvalue weighted by Crippen LogP contribution is -2.19. The highest BCUT2D eigenvalue weighted by Gasteiger charge is 2.31. The maximum atomic E-state index is 6.39. The van der Waals surface area contributed by atoms with Crippen molar-refractivity contribution in [3.63, 3.8) is 0 Å². The van der Waals surface area contributed by atoms with Crippen LogP contribution in [-0.2, 0) is 4.74 Å². The van der Waals surface area contributed by atoms with E-state index in [-0.39, 0.29) is 11.5 Å². The largest absolute Gasteiger partial charge is 0.376 e. The number of benzene rings is 1. The molecule has 1 nitrogen and oxygen atoms in total. The molecule has 2 rings (SSSR count). The maximum absolute atomic E-state index is 6.39. The lowest BCUT2D eigenvalue weighted by atomic mass is 9.97. The van der Waals surface area contributed by atoms with Gasteiger partial charge in [0.15, 0.2) is 0 Å². The van der Waals surface area contributed by atoms with Crippen LogP contribution in [0.25, 0.3) is 0 Å². The molecule has 1 saturated heterocycles. The number of hydrogen-bond acceptors (Lipinski definition) is 1. The molecule has 0 radical (unpaired) electrons. The first kappa shape index (κ1) is 11.3. The Morgan fingerprint density at radius 2 is 2.00 bits per heavy atom. The molecule has 3 heteroatoms. The minimum Gasteiger partial charge on any atom is -0.376 e. The second-order valence-electron chi connectivity index (χ2n) is 4.05. The second kappa shape index (κ2) is 4.73. The summed E-state index contributed by atoms with van der Waals surface area (Å²) >= 11 is 12.2. The van der Waals surface area contributed by atoms with Gasteiger partial charge in [0.25, 0.3) is 0 Å². The molecule has 1 heterocycles. The van der Waals surface area contributed by atoms with Gasteiger partial charge in [0.2, 0.25) is 0 Å². The Balaban J connectivity index is 2.13. The van der Waals surface area contributed by atoms with E-state index >= 15 is 0 Å². The van der Waals surface area contributed by atoms with E-state index in [1.807, 2.05) is 24.3 Å². The lowest BCUT2D eigenvalue weighted by molar-refractivity contribution is 0.0903.